The van der Waals surface area contributed by atoms with Crippen LogP contribution in [-0.4, -0.2) is 26.9 Å². The number of hydrogen-bond acceptors (Lipinski definition) is 5. The fraction of sp³-hybridized carbons (Fsp3) is 0.217. The van der Waals surface area contributed by atoms with Crippen molar-refractivity contribution in [3.05, 3.63) is 86.8 Å². The van der Waals surface area contributed by atoms with Crippen molar-refractivity contribution in [1.82, 2.24) is 14.3 Å². The molecule has 0 N–H and O–H groups in total. The van der Waals surface area contributed by atoms with Crippen LogP contribution in [0.2, 0.25) is 0 Å². The van der Waals surface area contributed by atoms with E-state index < -0.39 is 17.1 Å². The molecule has 0 saturated carbocycles. The Bertz CT molecular complexity index is 1400. The number of nitrogens with zero attached hydrogens (tertiary/aromatic N) is 3. The molecule has 4 aromatic rings. The molecule has 7 heteroatoms. The van der Waals surface area contributed by atoms with Gasteiger partial charge in [0.05, 0.1) is 17.5 Å². The van der Waals surface area contributed by atoms with E-state index in [1.807, 2.05) is 13.8 Å². The van der Waals surface area contributed by atoms with Gasteiger partial charge in [0.25, 0.3) is 11.1 Å². The molecule has 2 aromatic heterocycles. The van der Waals surface area contributed by atoms with E-state index in [0.29, 0.717) is 27.5 Å². The van der Waals surface area contributed by atoms with Gasteiger partial charge in [0.1, 0.15) is 5.82 Å². The molecule has 0 saturated heterocycles. The van der Waals surface area contributed by atoms with E-state index in [4.69, 9.17) is 4.74 Å². The van der Waals surface area contributed by atoms with Crippen molar-refractivity contribution in [2.45, 2.75) is 26.7 Å². The van der Waals surface area contributed by atoms with Crippen molar-refractivity contribution in [2.75, 3.05) is 6.61 Å². The fourth-order valence-corrected chi connectivity index (χ4v) is 3.51. The van der Waals surface area contributed by atoms with E-state index in [-0.39, 0.29) is 18.2 Å². The quantitative estimate of drug-likeness (QED) is 0.488. The molecule has 2 aromatic carbocycles. The highest BCUT2D eigenvalue weighted by Gasteiger charge is 2.23. The second-order valence-electron chi connectivity index (χ2n) is 7.21. The number of ether oxygens (including phenoxy) is 1. The summed E-state index contributed by atoms with van der Waals surface area (Å²) in [5, 5.41) is 1.34. The average molecular weight is 403 g/mol. The molecule has 0 spiro atoms. The lowest BCUT2D eigenvalue weighted by Crippen LogP contribution is -2.41. The predicted octanol–water partition coefficient (Wildman–Crippen LogP) is 3.32. The zero-order chi connectivity index (χ0) is 21.4. The van der Waals surface area contributed by atoms with Gasteiger partial charge < -0.3 is 4.74 Å². The monoisotopic (exact) mass is 403 g/mol. The summed E-state index contributed by atoms with van der Waals surface area (Å²) in [6.45, 7) is 5.58. The van der Waals surface area contributed by atoms with Gasteiger partial charge in [0, 0.05) is 11.3 Å². The first-order valence-corrected chi connectivity index (χ1v) is 9.78. The maximum Gasteiger partial charge on any atom is 0.357 e. The maximum atomic E-state index is 13.5. The number of benzene rings is 2. The van der Waals surface area contributed by atoms with Crippen molar-refractivity contribution in [2.24, 2.45) is 0 Å². The molecule has 0 bridgehead atoms. The highest BCUT2D eigenvalue weighted by molar-refractivity contribution is 5.93. The Labute approximate surface area is 172 Å². The van der Waals surface area contributed by atoms with Gasteiger partial charge in [-0.3, -0.25) is 9.59 Å². The molecule has 0 radical (unpaired) electrons. The van der Waals surface area contributed by atoms with E-state index in [2.05, 4.69) is 4.98 Å². The number of carbonyl (C=O) groups excluding carboxylic acids is 1. The summed E-state index contributed by atoms with van der Waals surface area (Å²) in [5.41, 5.74) is -0.403. The van der Waals surface area contributed by atoms with Crippen LogP contribution in [0.25, 0.3) is 21.7 Å². The van der Waals surface area contributed by atoms with Crippen molar-refractivity contribution >= 4 is 27.6 Å². The summed E-state index contributed by atoms with van der Waals surface area (Å²) in [4.78, 5) is 44.4. The lowest BCUT2D eigenvalue weighted by molar-refractivity contribution is 0.0510. The summed E-state index contributed by atoms with van der Waals surface area (Å²) in [6, 6.07) is 15.4. The van der Waals surface area contributed by atoms with Crippen LogP contribution in [0.3, 0.4) is 0 Å². The molecule has 4 rings (SSSR count). The van der Waals surface area contributed by atoms with Gasteiger partial charge in [-0.05, 0) is 36.6 Å². The van der Waals surface area contributed by atoms with Crippen LogP contribution in [0.5, 0.6) is 0 Å². The Morgan fingerprint density at radius 2 is 1.60 bits per heavy atom. The summed E-state index contributed by atoms with van der Waals surface area (Å²) in [6.07, 6.45) is 0. The summed E-state index contributed by atoms with van der Waals surface area (Å²) >= 11 is 0. The van der Waals surface area contributed by atoms with Crippen LogP contribution in [0.15, 0.2) is 64.2 Å². The molecule has 2 heterocycles. The van der Waals surface area contributed by atoms with Crippen molar-refractivity contribution in [3.63, 3.8) is 0 Å². The Hall–Kier alpha value is -3.74. The molecule has 0 fully saturated rings. The highest BCUT2D eigenvalue weighted by atomic mass is 16.5. The number of carbonyl (C=O) groups is 1. The minimum atomic E-state index is -0.685. The standard InChI is InChI=1S/C23H21N3O4/c1-4-30-23(29)19-13-15-9-5-6-10-16(15)21(27)25(19)26-20(14(2)3)24-18-12-8-7-11-17(18)22(26)28/h5-14H,4H2,1-3H3. The van der Waals surface area contributed by atoms with Gasteiger partial charge in [0.2, 0.25) is 0 Å². The molecular weight excluding hydrogens is 382 g/mol. The predicted molar refractivity (Wildman–Crippen MR) is 115 cm³/mol. The number of fused-ring (bicyclic) bond motifs is 2. The molecule has 152 valence electrons. The van der Waals surface area contributed by atoms with Gasteiger partial charge in [-0.2, -0.15) is 4.68 Å². The molecular formula is C23H21N3O4. The third kappa shape index (κ3) is 3.08. The third-order valence-corrected chi connectivity index (χ3v) is 4.88. The molecule has 7 nitrogen and oxygen atoms in total. The van der Waals surface area contributed by atoms with Gasteiger partial charge in [-0.25, -0.2) is 14.5 Å². The first kappa shape index (κ1) is 19.6. The van der Waals surface area contributed by atoms with Crippen LogP contribution >= 0.6 is 0 Å². The minimum absolute atomic E-state index is 0.0263. The van der Waals surface area contributed by atoms with E-state index in [1.165, 1.54) is 4.68 Å². The van der Waals surface area contributed by atoms with Crippen molar-refractivity contribution < 1.29 is 9.53 Å². The van der Waals surface area contributed by atoms with Crippen LogP contribution in [0.4, 0.5) is 0 Å². The number of pyridine rings is 1. The summed E-state index contributed by atoms with van der Waals surface area (Å²) in [5.74, 6) is -0.493. The smallest absolute Gasteiger partial charge is 0.357 e. The Morgan fingerprint density at radius 1 is 0.967 bits per heavy atom. The number of para-hydroxylation sites is 1. The first-order chi connectivity index (χ1) is 14.4. The molecule has 0 atom stereocenters. The van der Waals surface area contributed by atoms with Crippen molar-refractivity contribution in [3.8, 4) is 0 Å². The topological polar surface area (TPSA) is 83.2 Å². The molecule has 0 aliphatic carbocycles. The van der Waals surface area contributed by atoms with E-state index >= 15 is 0 Å². The van der Waals surface area contributed by atoms with Gasteiger partial charge in [0.15, 0.2) is 5.69 Å². The Kier molecular flexibility index (Phi) is 4.95. The largest absolute Gasteiger partial charge is 0.461 e. The zero-order valence-corrected chi connectivity index (χ0v) is 17.0. The van der Waals surface area contributed by atoms with Gasteiger partial charge >= 0.3 is 5.97 Å². The van der Waals surface area contributed by atoms with Gasteiger partial charge in [-0.1, -0.05) is 44.2 Å². The lowest BCUT2D eigenvalue weighted by Gasteiger charge is -2.20. The van der Waals surface area contributed by atoms with Crippen LogP contribution in [0.1, 0.15) is 43.0 Å². The molecule has 0 aliphatic heterocycles. The summed E-state index contributed by atoms with van der Waals surface area (Å²) < 4.78 is 7.48. The maximum absolute atomic E-state index is 13.5. The van der Waals surface area contributed by atoms with Crippen molar-refractivity contribution in [1.29, 1.82) is 0 Å². The summed E-state index contributed by atoms with van der Waals surface area (Å²) in [7, 11) is 0. The van der Waals surface area contributed by atoms with E-state index in [0.717, 1.165) is 4.68 Å². The van der Waals surface area contributed by atoms with Crippen LogP contribution in [0, 0.1) is 0 Å². The van der Waals surface area contributed by atoms with E-state index in [1.54, 1.807) is 61.5 Å². The Balaban J connectivity index is 2.21. The van der Waals surface area contributed by atoms with Crippen LogP contribution in [-0.2, 0) is 4.74 Å². The fourth-order valence-electron chi connectivity index (χ4n) is 3.51. The number of rotatable bonds is 4. The number of esters is 1. The average Bonchev–Trinajstić information content (AvgIpc) is 2.74. The number of hydrogen-bond donors (Lipinski definition) is 0. The molecule has 0 unspecified atom stereocenters. The van der Waals surface area contributed by atoms with Crippen LogP contribution < -0.4 is 11.1 Å². The lowest BCUT2D eigenvalue weighted by atomic mass is 10.1. The zero-order valence-electron chi connectivity index (χ0n) is 17.0. The Morgan fingerprint density at radius 3 is 2.30 bits per heavy atom. The molecule has 0 aliphatic rings. The second-order valence-corrected chi connectivity index (χ2v) is 7.21. The number of aromatic nitrogens is 3. The minimum Gasteiger partial charge on any atom is -0.461 e. The molecule has 0 amide bonds. The molecule has 30 heavy (non-hydrogen) atoms. The first-order valence-electron chi connectivity index (χ1n) is 9.78. The SMILES string of the molecule is CCOC(=O)c1cc2ccccc2c(=O)n1-n1c(C(C)C)nc2ccccc2c1=O. The third-order valence-electron chi connectivity index (χ3n) is 4.88. The van der Waals surface area contributed by atoms with E-state index in [9.17, 15) is 14.4 Å². The highest BCUT2D eigenvalue weighted by Crippen LogP contribution is 2.18. The van der Waals surface area contributed by atoms with Gasteiger partial charge in [-0.15, -0.1) is 0 Å². The second kappa shape index (κ2) is 7.59. The normalized spacial score (nSPS) is 11.3.